The lowest BCUT2D eigenvalue weighted by molar-refractivity contribution is -0.437. The van der Waals surface area contributed by atoms with Crippen LogP contribution in [-0.4, -0.2) is 125 Å². The first-order chi connectivity index (χ1) is 40.0. The van der Waals surface area contributed by atoms with Gasteiger partial charge in [-0.05, 0) is 123 Å². The van der Waals surface area contributed by atoms with Crippen molar-refractivity contribution < 1.29 is 84.0 Å². The van der Waals surface area contributed by atoms with Gasteiger partial charge in [-0.2, -0.15) is 21.4 Å². The first kappa shape index (κ1) is 66.9. The van der Waals surface area contributed by atoms with E-state index in [2.05, 4.69) is 70.0 Å². The lowest BCUT2D eigenvalue weighted by Crippen LogP contribution is -2.34. The van der Waals surface area contributed by atoms with E-state index in [1.807, 2.05) is 56.4 Å². The van der Waals surface area contributed by atoms with Crippen LogP contribution in [0.1, 0.15) is 103 Å². The first-order valence-electron chi connectivity index (χ1n) is 27.2. The zero-order chi connectivity index (χ0) is 60.8. The normalized spacial score (nSPS) is 17.8. The molecule has 1 aliphatic carbocycles. The molecule has 6 N–H and O–H groups in total. The summed E-state index contributed by atoms with van der Waals surface area (Å²) in [6.45, 7) is 14.8. The molecule has 2 amide bonds. The second kappa shape index (κ2) is 30.3. The molecule has 458 valence electrons. The van der Waals surface area contributed by atoms with Crippen LogP contribution >= 0.6 is 47.7 Å². The van der Waals surface area contributed by atoms with Gasteiger partial charge in [-0.25, -0.2) is 15.8 Å². The van der Waals surface area contributed by atoms with Crippen LogP contribution in [0.2, 0.25) is 0 Å². The van der Waals surface area contributed by atoms with E-state index in [1.165, 1.54) is 17.0 Å². The number of fused-ring (bicyclic) bond motifs is 4. The minimum absolute atomic E-state index is 0.131. The number of allylic oxidation sites excluding steroid dienone is 9. The van der Waals surface area contributed by atoms with Crippen molar-refractivity contribution in [1.82, 2.24) is 10.2 Å². The molecule has 0 spiro atoms. The van der Waals surface area contributed by atoms with Gasteiger partial charge in [0.15, 0.2) is 5.71 Å². The molecular weight excluding hydrogens is 1210 g/mol. The maximum Gasteiger partial charge on any atom is 0.295 e. The van der Waals surface area contributed by atoms with Crippen LogP contribution < -0.4 is 15.1 Å². The minimum Gasteiger partial charge on any atom is -0.371 e. The number of carbonyl (C=O) groups excluding carboxylic acids is 2. The van der Waals surface area contributed by atoms with Crippen LogP contribution in [0.25, 0.3) is 10.8 Å². The largest absolute Gasteiger partial charge is 0.371 e. The van der Waals surface area contributed by atoms with Crippen molar-refractivity contribution in [2.75, 3.05) is 66.3 Å². The highest BCUT2D eigenvalue weighted by Gasteiger charge is 2.45. The molecule has 3 heterocycles. The Morgan fingerprint density at radius 3 is 2.19 bits per heavy atom. The van der Waals surface area contributed by atoms with Gasteiger partial charge >= 0.3 is 0 Å². The number of anilines is 2. The van der Waals surface area contributed by atoms with Crippen LogP contribution in [0.3, 0.4) is 0 Å². The number of carbonyl (C=O) groups is 2. The summed E-state index contributed by atoms with van der Waals surface area (Å²) in [5, 5.41) is 41.8. The fourth-order valence-electron chi connectivity index (χ4n) is 11.2. The quantitative estimate of drug-likeness (QED) is 0.00825. The molecule has 3 aliphatic heterocycles. The number of halogens is 1. The summed E-state index contributed by atoms with van der Waals surface area (Å²) in [4.78, 5) is 30.7. The third-order valence-electron chi connectivity index (χ3n) is 15.1. The molecule has 22 nitrogen and oxygen atoms in total. The maximum absolute atomic E-state index is 12.9. The average molecular weight is 1280 g/mol. The highest BCUT2D eigenvalue weighted by atomic mass is 35.5. The lowest BCUT2D eigenvalue weighted by atomic mass is 9.80. The summed E-state index contributed by atoms with van der Waals surface area (Å²) in [6, 6.07) is 12.6. The van der Waals surface area contributed by atoms with Gasteiger partial charge in [0.25, 0.3) is 26.1 Å². The summed E-state index contributed by atoms with van der Waals surface area (Å²) in [5.74, 6) is 0.327. The van der Waals surface area contributed by atoms with Crippen LogP contribution in [-0.2, 0) is 68.8 Å². The van der Waals surface area contributed by atoms with E-state index in [0.29, 0.717) is 117 Å². The Morgan fingerprint density at radius 2 is 1.54 bits per heavy atom. The number of hydrogen-bond acceptors (Lipinski definition) is 20. The number of nitrogens with one attached hydrogen (secondary N) is 1. The maximum atomic E-state index is 12.9. The van der Waals surface area contributed by atoms with Crippen LogP contribution in [0.5, 0.6) is 0 Å². The number of hydrogen-bond donors (Lipinski definition) is 6. The third kappa shape index (κ3) is 16.9. The van der Waals surface area contributed by atoms with E-state index in [-0.39, 0.29) is 46.4 Å². The molecule has 3 aromatic carbocycles. The van der Waals surface area contributed by atoms with Crippen molar-refractivity contribution in [3.8, 4) is 0 Å². The highest BCUT2D eigenvalue weighted by molar-refractivity contribution is 7.95. The summed E-state index contributed by atoms with van der Waals surface area (Å²) >= 11 is 9.93. The van der Waals surface area contributed by atoms with Crippen molar-refractivity contribution >= 4 is 113 Å². The fourth-order valence-corrected chi connectivity index (χ4v) is 14.0. The number of rotatable bonds is 33. The van der Waals surface area contributed by atoms with E-state index in [9.17, 15) is 35.5 Å². The van der Waals surface area contributed by atoms with E-state index < -0.39 is 36.8 Å². The molecule has 7 rings (SSSR count). The second-order valence-corrected chi connectivity index (χ2v) is 27.0. The van der Waals surface area contributed by atoms with Gasteiger partial charge in [0.1, 0.15) is 11.4 Å². The van der Waals surface area contributed by atoms with Crippen molar-refractivity contribution in [2.24, 2.45) is 0 Å². The number of unbranched alkanes of at least 4 members (excludes halogenated alkanes) is 2. The van der Waals surface area contributed by atoms with Crippen LogP contribution in [0, 0.1) is 0 Å². The van der Waals surface area contributed by atoms with Crippen molar-refractivity contribution in [3.63, 3.8) is 0 Å². The third-order valence-corrected chi connectivity index (χ3v) is 19.1. The molecule has 84 heavy (non-hydrogen) atoms. The number of benzene rings is 3. The number of nitrogens with zero attached hydrogens (tertiary/aromatic N) is 4. The van der Waals surface area contributed by atoms with Gasteiger partial charge in [0.2, 0.25) is 11.6 Å². The van der Waals surface area contributed by atoms with E-state index >= 15 is 0 Å². The first-order valence-corrected chi connectivity index (χ1v) is 33.1. The molecule has 28 heteroatoms. The molecule has 0 aromatic heterocycles. The van der Waals surface area contributed by atoms with Gasteiger partial charge in [-0.15, -0.1) is 13.0 Å². The van der Waals surface area contributed by atoms with Gasteiger partial charge < -0.3 is 20.0 Å². The summed E-state index contributed by atoms with van der Waals surface area (Å²) in [7, 11) is -9.00. The summed E-state index contributed by atoms with van der Waals surface area (Å²) in [6.07, 6.45) is 17.1. The Labute approximate surface area is 507 Å². The fraction of sp³-hybridized carbons (Fsp3) is 0.446. The molecule has 3 aromatic rings. The Balaban J connectivity index is 1.19. The summed E-state index contributed by atoms with van der Waals surface area (Å²) < 4.78 is 85.9. The van der Waals surface area contributed by atoms with E-state index in [0.717, 1.165) is 81.3 Å². The summed E-state index contributed by atoms with van der Waals surface area (Å²) in [5.41, 5.74) is 7.14. The van der Waals surface area contributed by atoms with Crippen molar-refractivity contribution in [2.45, 2.75) is 113 Å². The molecule has 0 saturated carbocycles. The molecule has 0 saturated heterocycles. The molecule has 0 bridgehead atoms. The predicted octanol–water partition coefficient (Wildman–Crippen LogP) is 11.3. The molecule has 0 atom stereocenters. The lowest BCUT2D eigenvalue weighted by Gasteiger charge is -2.27. The molecule has 0 fully saturated rings. The molecular formula is C56H71ClN5O17S5+. The van der Waals surface area contributed by atoms with E-state index in [4.69, 9.17) is 31.7 Å². The highest BCUT2D eigenvalue weighted by Crippen LogP contribution is 2.52. The van der Waals surface area contributed by atoms with Crippen LogP contribution in [0.15, 0.2) is 123 Å². The van der Waals surface area contributed by atoms with Gasteiger partial charge in [0, 0.05) is 148 Å². The molecule has 4 aliphatic rings. The number of amides is 2. The molecule has 0 radical (unpaired) electrons. The minimum atomic E-state index is -4.75. The van der Waals surface area contributed by atoms with E-state index in [1.54, 1.807) is 18.2 Å². The topological polar surface area (TPSA) is 284 Å². The Morgan fingerprint density at radius 1 is 0.821 bits per heavy atom. The smallest absolute Gasteiger partial charge is 0.295 e. The van der Waals surface area contributed by atoms with Gasteiger partial charge in [0.05, 0.1) is 23.2 Å². The molecule has 0 unspecified atom stereocenters. The Bertz CT molecular complexity index is 3320. The standard InChI is InChI=1S/C56H70ClN5O17S5/c1-38-16-25-52(64)60(38)31-26-58-51(63)15-7-6-8-29-62-47-22-20-43-44(36-42(82-79-76-67)37-48(43)84(71,72)73)53(47)56(4,5)50(62)24-18-40-14-9-13-39(54(40)57)17-23-49-55(2,3)45-35-41(19-21-46(45)61(49)30-12-34-83(68,69)70)59(27-10-32-80-77-74-65)28-11-33-81-78-75-66/h16-25,35-37H,1,6-15,26-34H2,2-5H3,(H5-,58,63,65,66,67,68,69,70,71,72,73)/p+1. The zero-order valence-electron chi connectivity index (χ0n) is 47.0. The van der Waals surface area contributed by atoms with Crippen molar-refractivity contribution in [3.05, 3.63) is 124 Å². The van der Waals surface area contributed by atoms with Crippen LogP contribution in [0.4, 0.5) is 17.1 Å². The monoisotopic (exact) mass is 1280 g/mol. The predicted molar refractivity (Wildman–Crippen MR) is 325 cm³/mol. The Kier molecular flexibility index (Phi) is 24.2. The SMILES string of the molecule is C=C1C=CC(=O)N1CCNC(=O)CCCCCN1/C(=C/C=C2\CCCC(/C=C/C3=[N+](CCCS(=O)(=O)O)c4ccc(N(CCCSOOO)CCCSOOO)cc4C3(C)C)=C2Cl)C(C)(C)c2c1ccc1c(S(=O)(=O)O)cc(SOOO)cc21. The van der Waals surface area contributed by atoms with Gasteiger partial charge in [-0.3, -0.25) is 18.7 Å². The second-order valence-electron chi connectivity index (χ2n) is 21.3. The van der Waals surface area contributed by atoms with Crippen molar-refractivity contribution in [1.29, 1.82) is 0 Å². The zero-order valence-corrected chi connectivity index (χ0v) is 51.8. The van der Waals surface area contributed by atoms with Gasteiger partial charge in [-0.1, -0.05) is 71.8 Å². The Hall–Kier alpha value is -4.63. The average Bonchev–Trinajstić information content (AvgIpc) is 1.64.